The van der Waals surface area contributed by atoms with Gasteiger partial charge in [-0.2, -0.15) is 0 Å². The van der Waals surface area contributed by atoms with Crippen LogP contribution >= 0.6 is 0 Å². The summed E-state index contributed by atoms with van der Waals surface area (Å²) < 4.78 is 5.52. The number of carbonyl (C=O) groups is 1. The van der Waals surface area contributed by atoms with E-state index in [1.807, 2.05) is 0 Å². The van der Waals surface area contributed by atoms with Gasteiger partial charge in [-0.1, -0.05) is 97.3 Å². The fourth-order valence-corrected chi connectivity index (χ4v) is 3.36. The highest BCUT2D eigenvalue weighted by molar-refractivity contribution is 5.73. The first kappa shape index (κ1) is 25.4. The third-order valence-electron chi connectivity index (χ3n) is 5.13. The predicted molar refractivity (Wildman–Crippen MR) is 111 cm³/mol. The molecule has 3 nitrogen and oxygen atoms in total. The Kier molecular flexibility index (Phi) is 18.8. The molecule has 0 aliphatic rings. The number of hydrogen-bond donors (Lipinski definition) is 1. The van der Waals surface area contributed by atoms with Crippen LogP contribution in [0.1, 0.15) is 130 Å². The standard InChI is InChI=1S/C23H46O3/c1-4-6-8-10-12-13-14-16-18-20-22(26-23(25)21(3)24)19-17-15-11-9-7-5-2/h21-22,24H,4-20H2,1-3H3/t21-,22-/m0/s1. The lowest BCUT2D eigenvalue weighted by atomic mass is 10.0. The molecule has 0 saturated heterocycles. The predicted octanol–water partition coefficient (Wildman–Crippen LogP) is 6.95. The van der Waals surface area contributed by atoms with Crippen LogP contribution in [0.25, 0.3) is 0 Å². The van der Waals surface area contributed by atoms with Gasteiger partial charge in [-0.25, -0.2) is 4.79 Å². The van der Waals surface area contributed by atoms with Gasteiger partial charge in [0, 0.05) is 0 Å². The van der Waals surface area contributed by atoms with E-state index in [9.17, 15) is 9.90 Å². The average Bonchev–Trinajstić information content (AvgIpc) is 2.62. The Balaban J connectivity index is 3.84. The summed E-state index contributed by atoms with van der Waals surface area (Å²) in [5, 5.41) is 9.39. The van der Waals surface area contributed by atoms with Gasteiger partial charge >= 0.3 is 5.97 Å². The number of esters is 1. The highest BCUT2D eigenvalue weighted by Gasteiger charge is 2.17. The summed E-state index contributed by atoms with van der Waals surface area (Å²) >= 11 is 0. The van der Waals surface area contributed by atoms with E-state index in [-0.39, 0.29) is 6.10 Å². The van der Waals surface area contributed by atoms with Gasteiger partial charge in [-0.15, -0.1) is 0 Å². The summed E-state index contributed by atoms with van der Waals surface area (Å²) in [6.45, 7) is 5.98. The minimum Gasteiger partial charge on any atom is -0.460 e. The normalized spacial score (nSPS) is 13.5. The first-order valence-electron chi connectivity index (χ1n) is 11.5. The van der Waals surface area contributed by atoms with Gasteiger partial charge in [0.05, 0.1) is 0 Å². The van der Waals surface area contributed by atoms with Gasteiger partial charge in [0.2, 0.25) is 0 Å². The van der Waals surface area contributed by atoms with Crippen LogP contribution in [0.4, 0.5) is 0 Å². The molecule has 156 valence electrons. The molecule has 2 atom stereocenters. The minimum absolute atomic E-state index is 0.00664. The third kappa shape index (κ3) is 16.9. The molecule has 0 spiro atoms. The Labute approximate surface area is 163 Å². The first-order valence-corrected chi connectivity index (χ1v) is 11.5. The van der Waals surface area contributed by atoms with Crippen molar-refractivity contribution >= 4 is 5.97 Å². The number of unbranched alkanes of at least 4 members (excludes halogenated alkanes) is 13. The largest absolute Gasteiger partial charge is 0.460 e. The van der Waals surface area contributed by atoms with Crippen LogP contribution in [0.5, 0.6) is 0 Å². The molecule has 0 aliphatic carbocycles. The zero-order valence-corrected chi connectivity index (χ0v) is 17.9. The molecule has 0 heterocycles. The Hall–Kier alpha value is -0.570. The molecular weight excluding hydrogens is 324 g/mol. The van der Waals surface area contributed by atoms with E-state index < -0.39 is 12.1 Å². The molecular formula is C23H46O3. The van der Waals surface area contributed by atoms with E-state index in [4.69, 9.17) is 4.74 Å². The second kappa shape index (κ2) is 19.2. The Bertz CT molecular complexity index is 302. The van der Waals surface area contributed by atoms with Gasteiger partial charge in [-0.3, -0.25) is 0 Å². The van der Waals surface area contributed by atoms with Gasteiger partial charge in [0.1, 0.15) is 12.2 Å². The van der Waals surface area contributed by atoms with Crippen molar-refractivity contribution in [2.24, 2.45) is 0 Å². The van der Waals surface area contributed by atoms with Crippen LogP contribution < -0.4 is 0 Å². The molecule has 3 heteroatoms. The fraction of sp³-hybridized carbons (Fsp3) is 0.957. The average molecular weight is 371 g/mol. The number of rotatable bonds is 19. The van der Waals surface area contributed by atoms with Crippen LogP contribution in [0.2, 0.25) is 0 Å². The Morgan fingerprint density at radius 2 is 1.04 bits per heavy atom. The van der Waals surface area contributed by atoms with Crippen molar-refractivity contribution in [2.45, 2.75) is 142 Å². The molecule has 0 unspecified atom stereocenters. The van der Waals surface area contributed by atoms with E-state index in [0.29, 0.717) is 0 Å². The van der Waals surface area contributed by atoms with Crippen molar-refractivity contribution in [3.05, 3.63) is 0 Å². The third-order valence-corrected chi connectivity index (χ3v) is 5.13. The van der Waals surface area contributed by atoms with E-state index in [0.717, 1.165) is 25.7 Å². The van der Waals surface area contributed by atoms with Gasteiger partial charge in [0.25, 0.3) is 0 Å². The molecule has 0 amide bonds. The molecule has 0 radical (unpaired) electrons. The van der Waals surface area contributed by atoms with E-state index in [2.05, 4.69) is 13.8 Å². The smallest absolute Gasteiger partial charge is 0.334 e. The fourth-order valence-electron chi connectivity index (χ4n) is 3.36. The Morgan fingerprint density at radius 1 is 0.692 bits per heavy atom. The summed E-state index contributed by atoms with van der Waals surface area (Å²) in [5.41, 5.74) is 0. The van der Waals surface area contributed by atoms with Crippen molar-refractivity contribution in [1.82, 2.24) is 0 Å². The van der Waals surface area contributed by atoms with E-state index >= 15 is 0 Å². The van der Waals surface area contributed by atoms with Crippen molar-refractivity contribution < 1.29 is 14.6 Å². The zero-order valence-electron chi connectivity index (χ0n) is 17.9. The summed E-state index contributed by atoms with van der Waals surface area (Å²) in [7, 11) is 0. The molecule has 0 aromatic carbocycles. The molecule has 1 N–H and O–H groups in total. The molecule has 26 heavy (non-hydrogen) atoms. The SMILES string of the molecule is CCCCCCCCCCC[C@H](CCCCCCCC)OC(=O)[C@H](C)O. The van der Waals surface area contributed by atoms with Crippen LogP contribution in [0.15, 0.2) is 0 Å². The highest BCUT2D eigenvalue weighted by atomic mass is 16.6. The van der Waals surface area contributed by atoms with Gasteiger partial charge in [-0.05, 0) is 32.6 Å². The summed E-state index contributed by atoms with van der Waals surface area (Å²) in [6.07, 6.45) is 20.2. The van der Waals surface area contributed by atoms with E-state index in [1.54, 1.807) is 0 Å². The molecule has 0 aromatic rings. The molecule has 0 fully saturated rings. The lowest BCUT2D eigenvalue weighted by Crippen LogP contribution is -2.26. The van der Waals surface area contributed by atoms with Crippen LogP contribution in [0, 0.1) is 0 Å². The van der Waals surface area contributed by atoms with Crippen molar-refractivity contribution in [2.75, 3.05) is 0 Å². The number of carbonyl (C=O) groups excluding carboxylic acids is 1. The quantitative estimate of drug-likeness (QED) is 0.198. The maximum atomic E-state index is 11.7. The number of aliphatic hydroxyl groups excluding tert-OH is 1. The van der Waals surface area contributed by atoms with Crippen molar-refractivity contribution in [1.29, 1.82) is 0 Å². The monoisotopic (exact) mass is 370 g/mol. The van der Waals surface area contributed by atoms with Crippen LogP contribution in [-0.2, 0) is 9.53 Å². The molecule has 0 aliphatic heterocycles. The van der Waals surface area contributed by atoms with E-state index in [1.165, 1.54) is 90.4 Å². The number of aliphatic hydroxyl groups is 1. The summed E-state index contributed by atoms with van der Waals surface area (Å²) in [4.78, 5) is 11.7. The molecule has 0 aromatic heterocycles. The second-order valence-corrected chi connectivity index (χ2v) is 7.91. The van der Waals surface area contributed by atoms with Gasteiger partial charge < -0.3 is 9.84 Å². The number of ether oxygens (including phenoxy) is 1. The number of hydrogen-bond acceptors (Lipinski definition) is 3. The lowest BCUT2D eigenvalue weighted by Gasteiger charge is -2.19. The maximum absolute atomic E-state index is 11.7. The van der Waals surface area contributed by atoms with Crippen molar-refractivity contribution in [3.63, 3.8) is 0 Å². The summed E-state index contributed by atoms with van der Waals surface area (Å²) in [5.74, 6) is -0.461. The summed E-state index contributed by atoms with van der Waals surface area (Å²) in [6, 6.07) is 0. The minimum atomic E-state index is -1.01. The second-order valence-electron chi connectivity index (χ2n) is 7.91. The first-order chi connectivity index (χ1) is 12.6. The molecule has 0 saturated carbocycles. The Morgan fingerprint density at radius 3 is 1.38 bits per heavy atom. The maximum Gasteiger partial charge on any atom is 0.334 e. The molecule has 0 bridgehead atoms. The lowest BCUT2D eigenvalue weighted by molar-refractivity contribution is -0.158. The van der Waals surface area contributed by atoms with Crippen LogP contribution in [0.3, 0.4) is 0 Å². The van der Waals surface area contributed by atoms with Crippen LogP contribution in [-0.4, -0.2) is 23.3 Å². The zero-order chi connectivity index (χ0) is 19.5. The van der Waals surface area contributed by atoms with Gasteiger partial charge in [0.15, 0.2) is 0 Å². The van der Waals surface area contributed by atoms with Crippen molar-refractivity contribution in [3.8, 4) is 0 Å². The topological polar surface area (TPSA) is 46.5 Å². The molecule has 0 rings (SSSR count). The highest BCUT2D eigenvalue weighted by Crippen LogP contribution is 2.17.